The van der Waals surface area contributed by atoms with Crippen LogP contribution in [0.15, 0.2) is 15.5 Å². The van der Waals surface area contributed by atoms with Gasteiger partial charge >= 0.3 is 0 Å². The Hall–Kier alpha value is -2.76. The highest BCUT2D eigenvalue weighted by Gasteiger charge is 2.33. The number of carbonyl (C=O) groups excluding carboxylic acids is 4. The molecule has 33 heavy (non-hydrogen) atoms. The molecule has 2 aliphatic carbocycles. The maximum atomic E-state index is 12.5. The van der Waals surface area contributed by atoms with Crippen LogP contribution in [0.25, 0.3) is 0 Å². The molecule has 4 rings (SSSR count). The van der Waals surface area contributed by atoms with Gasteiger partial charge in [0.05, 0.1) is 34.8 Å². The molecule has 0 amide bonds. The minimum Gasteiger partial charge on any atom is -0.306 e. The van der Waals surface area contributed by atoms with Crippen molar-refractivity contribution in [2.75, 3.05) is 33.2 Å². The van der Waals surface area contributed by atoms with Crippen LogP contribution in [0.1, 0.15) is 71.0 Å². The summed E-state index contributed by atoms with van der Waals surface area (Å²) in [5.41, 5.74) is 2.58. The number of hydrogen-bond acceptors (Lipinski definition) is 11. The standard InChI is InChI=1S/C22H23N5O4S2/c1-12-26-18-20(31)14(10-16(29)22(18)33-12)24-6-4-8-27(2)7-3-5-23-13-9-15(28)21-17(19(13)30)25-11-32-21/h11H,3-10H2,1-2H3. The van der Waals surface area contributed by atoms with Gasteiger partial charge in [0, 0.05) is 13.1 Å². The molecule has 9 nitrogen and oxygen atoms in total. The lowest BCUT2D eigenvalue weighted by Gasteiger charge is -2.16. The lowest BCUT2D eigenvalue weighted by molar-refractivity contribution is 0.0965. The number of nitrogens with zero attached hydrogens (tertiary/aromatic N) is 5. The lowest BCUT2D eigenvalue weighted by atomic mass is 9.98. The molecule has 0 aliphatic heterocycles. The maximum absolute atomic E-state index is 12.5. The van der Waals surface area contributed by atoms with E-state index in [1.54, 1.807) is 6.92 Å². The summed E-state index contributed by atoms with van der Waals surface area (Å²) in [7, 11) is 1.98. The van der Waals surface area contributed by atoms with Crippen LogP contribution < -0.4 is 0 Å². The number of aliphatic imine (C=N–C) groups is 2. The number of aryl methyl sites for hydroxylation is 1. The summed E-state index contributed by atoms with van der Waals surface area (Å²) in [4.78, 5) is 69.1. The second kappa shape index (κ2) is 10.0. The first-order chi connectivity index (χ1) is 15.8. The van der Waals surface area contributed by atoms with Crippen LogP contribution in [0, 0.1) is 6.92 Å². The van der Waals surface area contributed by atoms with Crippen molar-refractivity contribution < 1.29 is 19.2 Å². The number of fused-ring (bicyclic) bond motifs is 2. The van der Waals surface area contributed by atoms with E-state index < -0.39 is 0 Å². The molecule has 0 bridgehead atoms. The Kier molecular flexibility index (Phi) is 7.11. The Labute approximate surface area is 198 Å². The molecule has 0 saturated carbocycles. The van der Waals surface area contributed by atoms with Crippen molar-refractivity contribution in [1.82, 2.24) is 14.9 Å². The number of ketones is 4. The average molecular weight is 486 g/mol. The molecule has 2 heterocycles. The topological polar surface area (TPSA) is 122 Å². The SMILES string of the molecule is Cc1nc2c(s1)C(=O)CC(=NCCCN(C)CCCN=C1CC(=O)c3scnc3C1=O)C2=O. The average Bonchev–Trinajstić information content (AvgIpc) is 3.43. The van der Waals surface area contributed by atoms with Gasteiger partial charge in [-0.1, -0.05) is 0 Å². The molecular formula is C22H23N5O4S2. The molecule has 0 saturated heterocycles. The van der Waals surface area contributed by atoms with Gasteiger partial charge in [0.1, 0.15) is 21.1 Å². The quantitative estimate of drug-likeness (QED) is 0.527. The minimum absolute atomic E-state index is 0.0489. The van der Waals surface area contributed by atoms with Crippen LogP contribution in [0.4, 0.5) is 0 Å². The van der Waals surface area contributed by atoms with Crippen molar-refractivity contribution in [2.45, 2.75) is 32.6 Å². The first-order valence-corrected chi connectivity index (χ1v) is 12.4. The van der Waals surface area contributed by atoms with Crippen LogP contribution in [-0.2, 0) is 0 Å². The largest absolute Gasteiger partial charge is 0.306 e. The molecule has 0 unspecified atom stereocenters. The summed E-state index contributed by atoms with van der Waals surface area (Å²) in [5.74, 6) is -0.656. The van der Waals surface area contributed by atoms with Gasteiger partial charge in [-0.05, 0) is 39.9 Å². The Bertz CT molecular complexity index is 1190. The predicted octanol–water partition coefficient (Wildman–Crippen LogP) is 2.74. The molecule has 0 aromatic carbocycles. The van der Waals surface area contributed by atoms with Crippen molar-refractivity contribution in [2.24, 2.45) is 9.98 Å². The van der Waals surface area contributed by atoms with Crippen molar-refractivity contribution in [3.63, 3.8) is 0 Å². The number of thiazole rings is 2. The summed E-state index contributed by atoms with van der Waals surface area (Å²) in [6, 6.07) is 0. The van der Waals surface area contributed by atoms with Gasteiger partial charge in [-0.25, -0.2) is 9.97 Å². The number of rotatable bonds is 8. The zero-order chi connectivity index (χ0) is 23.5. The molecule has 0 spiro atoms. The highest BCUT2D eigenvalue weighted by molar-refractivity contribution is 7.14. The van der Waals surface area contributed by atoms with Gasteiger partial charge < -0.3 is 4.90 Å². The molecule has 0 atom stereocenters. The molecule has 2 aliphatic rings. The molecule has 11 heteroatoms. The Morgan fingerprint density at radius 1 is 0.909 bits per heavy atom. The molecule has 0 fully saturated rings. The van der Waals surface area contributed by atoms with E-state index in [-0.39, 0.29) is 47.4 Å². The molecular weight excluding hydrogens is 462 g/mol. The van der Waals surface area contributed by atoms with Crippen molar-refractivity contribution in [3.05, 3.63) is 31.7 Å². The third-order valence-corrected chi connectivity index (χ3v) is 7.30. The van der Waals surface area contributed by atoms with E-state index in [4.69, 9.17) is 0 Å². The normalized spacial score (nSPS) is 18.5. The maximum Gasteiger partial charge on any atom is 0.227 e. The van der Waals surface area contributed by atoms with Gasteiger partial charge in [0.25, 0.3) is 0 Å². The number of hydrogen-bond donors (Lipinski definition) is 0. The lowest BCUT2D eigenvalue weighted by Crippen LogP contribution is -2.27. The zero-order valence-corrected chi connectivity index (χ0v) is 20.1. The van der Waals surface area contributed by atoms with Crippen LogP contribution in [0.5, 0.6) is 0 Å². The second-order valence-corrected chi connectivity index (χ2v) is 10.0. The summed E-state index contributed by atoms with van der Waals surface area (Å²) in [6.07, 6.45) is 1.60. The molecule has 0 radical (unpaired) electrons. The fraction of sp³-hybridized carbons (Fsp3) is 0.455. The zero-order valence-electron chi connectivity index (χ0n) is 18.4. The van der Waals surface area contributed by atoms with Gasteiger partial charge in [-0.2, -0.15) is 0 Å². The highest BCUT2D eigenvalue weighted by Crippen LogP contribution is 2.25. The number of aromatic nitrogens is 2. The van der Waals surface area contributed by atoms with E-state index in [2.05, 4.69) is 24.9 Å². The summed E-state index contributed by atoms with van der Waals surface area (Å²) in [6.45, 7) is 4.26. The van der Waals surface area contributed by atoms with Crippen molar-refractivity contribution in [3.8, 4) is 0 Å². The van der Waals surface area contributed by atoms with E-state index in [0.29, 0.717) is 39.3 Å². The summed E-state index contributed by atoms with van der Waals surface area (Å²) in [5, 5.41) is 0.710. The van der Waals surface area contributed by atoms with Crippen LogP contribution in [0.2, 0.25) is 0 Å². The Balaban J connectivity index is 1.19. The monoisotopic (exact) mass is 485 g/mol. The number of carbonyl (C=O) groups is 4. The molecule has 0 N–H and O–H groups in total. The molecule has 2 aromatic rings. The number of Topliss-reactive ketones (excluding diaryl/α,β-unsaturated/α-hetero) is 4. The van der Waals surface area contributed by atoms with Gasteiger partial charge in [-0.3, -0.25) is 29.2 Å². The van der Waals surface area contributed by atoms with Crippen LogP contribution >= 0.6 is 22.7 Å². The third kappa shape index (κ3) is 5.10. The van der Waals surface area contributed by atoms with E-state index in [1.165, 1.54) is 28.2 Å². The van der Waals surface area contributed by atoms with Gasteiger partial charge in [0.15, 0.2) is 11.6 Å². The summed E-state index contributed by atoms with van der Waals surface area (Å²) >= 11 is 2.46. The smallest absolute Gasteiger partial charge is 0.227 e. The first kappa shape index (κ1) is 23.4. The van der Waals surface area contributed by atoms with E-state index in [1.807, 2.05) is 7.05 Å². The fourth-order valence-electron chi connectivity index (χ4n) is 3.75. The minimum atomic E-state index is -0.242. The predicted molar refractivity (Wildman–Crippen MR) is 127 cm³/mol. The van der Waals surface area contributed by atoms with E-state index in [9.17, 15) is 19.2 Å². The highest BCUT2D eigenvalue weighted by atomic mass is 32.1. The molecule has 2 aromatic heterocycles. The van der Waals surface area contributed by atoms with E-state index >= 15 is 0 Å². The Morgan fingerprint density at radius 2 is 1.48 bits per heavy atom. The first-order valence-electron chi connectivity index (χ1n) is 10.7. The summed E-state index contributed by atoms with van der Waals surface area (Å²) < 4.78 is 0. The third-order valence-electron chi connectivity index (χ3n) is 5.42. The Morgan fingerprint density at radius 3 is 2.12 bits per heavy atom. The van der Waals surface area contributed by atoms with Gasteiger partial charge in [0.2, 0.25) is 11.6 Å². The van der Waals surface area contributed by atoms with Crippen LogP contribution in [-0.4, -0.2) is 82.7 Å². The second-order valence-electron chi connectivity index (χ2n) is 7.97. The van der Waals surface area contributed by atoms with Crippen molar-refractivity contribution in [1.29, 1.82) is 0 Å². The molecule has 172 valence electrons. The van der Waals surface area contributed by atoms with Gasteiger partial charge in [-0.15, -0.1) is 22.7 Å². The van der Waals surface area contributed by atoms with Crippen LogP contribution in [0.3, 0.4) is 0 Å². The van der Waals surface area contributed by atoms with Crippen molar-refractivity contribution >= 4 is 57.2 Å². The fourth-order valence-corrected chi connectivity index (χ4v) is 5.33. The van der Waals surface area contributed by atoms with E-state index in [0.717, 1.165) is 25.9 Å².